The molecule has 0 aliphatic rings. The largest absolute Gasteiger partial charge is 0.319 e. The van der Waals surface area contributed by atoms with Crippen LogP contribution in [0, 0.1) is 27.2 Å². The highest BCUT2D eigenvalue weighted by Crippen LogP contribution is 2.25. The maximum atomic E-state index is 12.5. The Morgan fingerprint density at radius 3 is 2.57 bits per heavy atom. The topological polar surface area (TPSA) is 150 Å². The van der Waals surface area contributed by atoms with E-state index >= 15 is 0 Å². The minimum atomic E-state index is -0.655. The molecule has 0 aliphatic heterocycles. The maximum Gasteiger partial charge on any atom is 0.293 e. The van der Waals surface area contributed by atoms with E-state index in [0.717, 1.165) is 17.0 Å². The van der Waals surface area contributed by atoms with Gasteiger partial charge >= 0.3 is 0 Å². The zero-order valence-corrected chi connectivity index (χ0v) is 14.5. The zero-order chi connectivity index (χ0) is 20.4. The first-order valence-corrected chi connectivity index (χ1v) is 7.95. The molecule has 3 rings (SSSR count). The van der Waals surface area contributed by atoms with Gasteiger partial charge in [-0.2, -0.15) is 0 Å². The molecule has 0 atom stereocenters. The van der Waals surface area contributed by atoms with Gasteiger partial charge in [0.2, 0.25) is 5.91 Å². The van der Waals surface area contributed by atoms with Gasteiger partial charge in [-0.15, -0.1) is 0 Å². The molecule has 0 radical (unpaired) electrons. The number of nitrogens with one attached hydrogen (secondary N) is 1. The summed E-state index contributed by atoms with van der Waals surface area (Å²) in [6.45, 7) is 1.26. The minimum Gasteiger partial charge on any atom is -0.319 e. The molecule has 0 saturated carbocycles. The summed E-state index contributed by atoms with van der Waals surface area (Å²) in [6.07, 6.45) is 1.09. The summed E-state index contributed by atoms with van der Waals surface area (Å²) in [4.78, 5) is 49.4. The Balaban J connectivity index is 1.87. The summed E-state index contributed by atoms with van der Waals surface area (Å²) >= 11 is 0. The van der Waals surface area contributed by atoms with Crippen molar-refractivity contribution in [3.63, 3.8) is 0 Å². The van der Waals surface area contributed by atoms with Crippen molar-refractivity contribution in [1.29, 1.82) is 0 Å². The van der Waals surface area contributed by atoms with Crippen molar-refractivity contribution in [3.05, 3.63) is 78.9 Å². The normalized spacial score (nSPS) is 10.6. The number of non-ortho nitro benzene ring substituents is 1. The van der Waals surface area contributed by atoms with Gasteiger partial charge in [-0.3, -0.25) is 34.4 Å². The molecule has 0 aliphatic carbocycles. The Hall–Kier alpha value is -4.15. The monoisotopic (exact) mass is 383 g/mol. The van der Waals surface area contributed by atoms with Crippen LogP contribution in [-0.4, -0.2) is 25.3 Å². The number of benzene rings is 2. The molecule has 1 amide bonds. The number of amides is 1. The number of hydrogen-bond acceptors (Lipinski definition) is 7. The van der Waals surface area contributed by atoms with E-state index in [0.29, 0.717) is 5.56 Å². The summed E-state index contributed by atoms with van der Waals surface area (Å²) in [7, 11) is 0. The Labute approximate surface area is 156 Å². The predicted molar refractivity (Wildman–Crippen MR) is 99.1 cm³/mol. The van der Waals surface area contributed by atoms with Crippen LogP contribution in [0.5, 0.6) is 0 Å². The van der Waals surface area contributed by atoms with E-state index < -0.39 is 27.9 Å². The smallest absolute Gasteiger partial charge is 0.293 e. The van der Waals surface area contributed by atoms with Gasteiger partial charge in [0.05, 0.1) is 27.1 Å². The van der Waals surface area contributed by atoms with Crippen molar-refractivity contribution in [2.75, 3.05) is 5.32 Å². The molecular formula is C17H13N5O6. The molecule has 1 N–H and O–H groups in total. The lowest BCUT2D eigenvalue weighted by Crippen LogP contribution is -2.28. The van der Waals surface area contributed by atoms with E-state index in [2.05, 4.69) is 10.3 Å². The van der Waals surface area contributed by atoms with Gasteiger partial charge in [-0.25, -0.2) is 4.98 Å². The highest BCUT2D eigenvalue weighted by molar-refractivity contribution is 5.93. The Morgan fingerprint density at radius 2 is 1.89 bits per heavy atom. The van der Waals surface area contributed by atoms with Crippen molar-refractivity contribution < 1.29 is 14.6 Å². The molecule has 11 heteroatoms. The Kier molecular flexibility index (Phi) is 4.81. The molecule has 0 saturated heterocycles. The number of carbonyl (C=O) groups excluding carboxylic acids is 1. The van der Waals surface area contributed by atoms with E-state index in [4.69, 9.17) is 0 Å². The maximum absolute atomic E-state index is 12.5. The van der Waals surface area contributed by atoms with Crippen LogP contribution < -0.4 is 10.9 Å². The molecule has 0 fully saturated rings. The number of aromatic nitrogens is 2. The number of nitro benzene ring substituents is 2. The Bertz CT molecular complexity index is 1190. The molecular weight excluding hydrogens is 370 g/mol. The van der Waals surface area contributed by atoms with Crippen molar-refractivity contribution >= 4 is 33.9 Å². The van der Waals surface area contributed by atoms with Gasteiger partial charge in [0.25, 0.3) is 16.9 Å². The highest BCUT2D eigenvalue weighted by Gasteiger charge is 2.17. The second kappa shape index (κ2) is 7.23. The standard InChI is InChI=1S/C17H13N5O6/c1-10-2-5-13(15(6-10)22(27)28)19-16(23)8-20-9-18-14-7-11(21(25)26)3-4-12(14)17(20)24/h2-7,9H,8H2,1H3,(H,19,23). The first-order chi connectivity index (χ1) is 13.3. The molecule has 28 heavy (non-hydrogen) atoms. The van der Waals surface area contributed by atoms with E-state index in [1.54, 1.807) is 13.0 Å². The molecule has 1 aromatic heterocycles. The number of hydrogen-bond donors (Lipinski definition) is 1. The molecule has 142 valence electrons. The van der Waals surface area contributed by atoms with Crippen LogP contribution in [0.3, 0.4) is 0 Å². The summed E-state index contributed by atoms with van der Waals surface area (Å²) < 4.78 is 1.02. The number of rotatable bonds is 5. The second-order valence-electron chi connectivity index (χ2n) is 5.96. The lowest BCUT2D eigenvalue weighted by molar-refractivity contribution is -0.384. The van der Waals surface area contributed by atoms with Crippen LogP contribution in [0.2, 0.25) is 0 Å². The quantitative estimate of drug-likeness (QED) is 0.524. The van der Waals surface area contributed by atoms with E-state index in [-0.39, 0.29) is 28.0 Å². The van der Waals surface area contributed by atoms with Crippen LogP contribution in [-0.2, 0) is 11.3 Å². The number of anilines is 1. The third-order valence-corrected chi connectivity index (χ3v) is 3.96. The molecule has 11 nitrogen and oxygen atoms in total. The first-order valence-electron chi connectivity index (χ1n) is 7.95. The minimum absolute atomic E-state index is 0.0121. The average Bonchev–Trinajstić information content (AvgIpc) is 2.65. The third-order valence-electron chi connectivity index (χ3n) is 3.96. The molecule has 2 aromatic carbocycles. The zero-order valence-electron chi connectivity index (χ0n) is 14.5. The molecule has 0 spiro atoms. The van der Waals surface area contributed by atoms with Crippen LogP contribution in [0.4, 0.5) is 17.1 Å². The first kappa shape index (κ1) is 18.6. The lowest BCUT2D eigenvalue weighted by atomic mass is 10.2. The van der Waals surface area contributed by atoms with Gasteiger partial charge in [-0.05, 0) is 24.6 Å². The fourth-order valence-corrected chi connectivity index (χ4v) is 2.62. The number of nitro groups is 2. The van der Waals surface area contributed by atoms with Crippen LogP contribution in [0.15, 0.2) is 47.5 Å². The predicted octanol–water partition coefficient (Wildman–Crippen LogP) is 2.16. The highest BCUT2D eigenvalue weighted by atomic mass is 16.6. The summed E-state index contributed by atoms with van der Waals surface area (Å²) in [5, 5.41) is 24.5. The molecule has 0 bridgehead atoms. The van der Waals surface area contributed by atoms with Gasteiger partial charge in [0.15, 0.2) is 0 Å². The van der Waals surface area contributed by atoms with Gasteiger partial charge < -0.3 is 5.32 Å². The summed E-state index contributed by atoms with van der Waals surface area (Å²) in [5.74, 6) is -0.655. The van der Waals surface area contributed by atoms with Crippen LogP contribution in [0.1, 0.15) is 5.56 Å². The number of fused-ring (bicyclic) bond motifs is 1. The van der Waals surface area contributed by atoms with Crippen LogP contribution >= 0.6 is 0 Å². The third kappa shape index (κ3) is 3.67. The van der Waals surface area contributed by atoms with Gasteiger partial charge in [-0.1, -0.05) is 6.07 Å². The van der Waals surface area contributed by atoms with Crippen molar-refractivity contribution in [2.45, 2.75) is 13.5 Å². The fraction of sp³-hybridized carbons (Fsp3) is 0.118. The molecule has 0 unspecified atom stereocenters. The number of nitrogens with zero attached hydrogens (tertiary/aromatic N) is 4. The van der Waals surface area contributed by atoms with E-state index in [9.17, 15) is 29.8 Å². The van der Waals surface area contributed by atoms with Crippen molar-refractivity contribution in [1.82, 2.24) is 9.55 Å². The van der Waals surface area contributed by atoms with Crippen molar-refractivity contribution in [3.8, 4) is 0 Å². The average molecular weight is 383 g/mol. The lowest BCUT2D eigenvalue weighted by Gasteiger charge is -2.09. The van der Waals surface area contributed by atoms with Crippen LogP contribution in [0.25, 0.3) is 10.9 Å². The second-order valence-corrected chi connectivity index (χ2v) is 5.96. The van der Waals surface area contributed by atoms with Gasteiger partial charge in [0.1, 0.15) is 12.2 Å². The van der Waals surface area contributed by atoms with E-state index in [1.807, 2.05) is 0 Å². The van der Waals surface area contributed by atoms with Gasteiger partial charge in [0, 0.05) is 18.2 Å². The van der Waals surface area contributed by atoms with E-state index in [1.165, 1.54) is 24.3 Å². The molecule has 3 aromatic rings. The van der Waals surface area contributed by atoms with Crippen molar-refractivity contribution in [2.24, 2.45) is 0 Å². The fourth-order valence-electron chi connectivity index (χ4n) is 2.62. The molecule has 1 heterocycles. The summed E-state index contributed by atoms with van der Waals surface area (Å²) in [5.41, 5.74) is -0.225. The number of carbonyl (C=O) groups is 1. The summed E-state index contributed by atoms with van der Waals surface area (Å²) in [6, 6.07) is 7.95. The Morgan fingerprint density at radius 1 is 1.14 bits per heavy atom. The SMILES string of the molecule is Cc1ccc(NC(=O)Cn2cnc3cc([N+](=O)[O-])ccc3c2=O)c([N+](=O)[O-])c1. The number of aryl methyl sites for hydroxylation is 1.